The van der Waals surface area contributed by atoms with E-state index in [0.29, 0.717) is 22.4 Å². The van der Waals surface area contributed by atoms with Gasteiger partial charge < -0.3 is 15.7 Å². The van der Waals surface area contributed by atoms with Gasteiger partial charge in [-0.25, -0.2) is 8.42 Å². The average Bonchev–Trinajstić information content (AvgIpc) is 3.27. The van der Waals surface area contributed by atoms with Gasteiger partial charge in [-0.1, -0.05) is 0 Å². The van der Waals surface area contributed by atoms with Gasteiger partial charge in [-0.05, 0) is 55.7 Å². The first-order valence-corrected chi connectivity index (χ1v) is 10.2. The van der Waals surface area contributed by atoms with Crippen LogP contribution in [0.3, 0.4) is 0 Å². The highest BCUT2D eigenvalue weighted by Gasteiger charge is 2.45. The molecule has 0 bridgehead atoms. The van der Waals surface area contributed by atoms with Gasteiger partial charge in [-0.3, -0.25) is 9.52 Å². The van der Waals surface area contributed by atoms with Crippen LogP contribution in [-0.2, 0) is 10.0 Å². The summed E-state index contributed by atoms with van der Waals surface area (Å²) in [4.78, 5) is 14.0. The largest absolute Gasteiger partial charge is 0.395 e. The highest BCUT2D eigenvalue weighted by atomic mass is 32.2. The standard InChI is InChI=1S/C17H25N3O4S/c1-12-10-13(16(18)22)15(14(11-12)19-25(23,24)9-8-21)20-6-4-17(2-3-17)5-7-20/h10-11,19,21H,2-9H2,1H3,(H2,18,22). The molecule has 2 fully saturated rings. The fourth-order valence-corrected chi connectivity index (χ4v) is 4.44. The summed E-state index contributed by atoms with van der Waals surface area (Å²) in [6.45, 7) is 2.87. The first kappa shape index (κ1) is 18.0. The summed E-state index contributed by atoms with van der Waals surface area (Å²) < 4.78 is 26.8. The number of nitrogens with zero attached hydrogens (tertiary/aromatic N) is 1. The van der Waals surface area contributed by atoms with Crippen LogP contribution in [0.4, 0.5) is 11.4 Å². The predicted octanol–water partition coefficient (Wildman–Crippen LogP) is 1.21. The van der Waals surface area contributed by atoms with Gasteiger partial charge in [0.15, 0.2) is 0 Å². The van der Waals surface area contributed by atoms with Crippen molar-refractivity contribution >= 4 is 27.3 Å². The number of hydrogen-bond acceptors (Lipinski definition) is 5. The molecular formula is C17H25N3O4S. The molecule has 0 atom stereocenters. The molecule has 0 unspecified atom stereocenters. The van der Waals surface area contributed by atoms with E-state index in [-0.39, 0.29) is 0 Å². The van der Waals surface area contributed by atoms with Crippen LogP contribution >= 0.6 is 0 Å². The molecule has 2 aliphatic rings. The number of sulfonamides is 1. The Bertz CT molecular complexity index is 777. The van der Waals surface area contributed by atoms with Gasteiger partial charge >= 0.3 is 0 Å². The number of primary amides is 1. The van der Waals surface area contributed by atoms with Crippen molar-refractivity contribution in [3.63, 3.8) is 0 Å². The SMILES string of the molecule is Cc1cc(NS(=O)(=O)CCO)c(N2CCC3(CC2)CC3)c(C(N)=O)c1. The quantitative estimate of drug-likeness (QED) is 0.699. The Morgan fingerprint density at radius 3 is 2.44 bits per heavy atom. The van der Waals surface area contributed by atoms with Crippen LogP contribution in [0.2, 0.25) is 0 Å². The Labute approximate surface area is 148 Å². The van der Waals surface area contributed by atoms with E-state index in [1.807, 2.05) is 0 Å². The summed E-state index contributed by atoms with van der Waals surface area (Å²) in [7, 11) is -3.69. The van der Waals surface area contributed by atoms with Crippen LogP contribution in [-0.4, -0.2) is 44.9 Å². The van der Waals surface area contributed by atoms with Crippen LogP contribution in [0.5, 0.6) is 0 Å². The van der Waals surface area contributed by atoms with Crippen molar-refractivity contribution in [3.8, 4) is 0 Å². The lowest BCUT2D eigenvalue weighted by molar-refractivity contribution is 0.100. The van der Waals surface area contributed by atoms with E-state index in [0.717, 1.165) is 31.5 Å². The summed E-state index contributed by atoms with van der Waals surface area (Å²) >= 11 is 0. The molecule has 1 saturated heterocycles. The lowest BCUT2D eigenvalue weighted by atomic mass is 9.92. The lowest BCUT2D eigenvalue weighted by Gasteiger charge is -2.36. The van der Waals surface area contributed by atoms with Gasteiger partial charge in [0.05, 0.1) is 29.3 Å². The van der Waals surface area contributed by atoms with Gasteiger partial charge in [0.1, 0.15) is 0 Å². The van der Waals surface area contributed by atoms with E-state index < -0.39 is 28.3 Å². The van der Waals surface area contributed by atoms with Gasteiger partial charge in [0.2, 0.25) is 10.0 Å². The molecule has 25 heavy (non-hydrogen) atoms. The molecule has 1 heterocycles. The number of carbonyl (C=O) groups excluding carboxylic acids is 1. The van der Waals surface area contributed by atoms with Gasteiger partial charge in [0.25, 0.3) is 5.91 Å². The number of aliphatic hydroxyl groups excluding tert-OH is 1. The topological polar surface area (TPSA) is 113 Å². The predicted molar refractivity (Wildman–Crippen MR) is 97.3 cm³/mol. The van der Waals surface area contributed by atoms with Crippen LogP contribution < -0.4 is 15.4 Å². The minimum atomic E-state index is -3.69. The number of rotatable bonds is 6. The van der Waals surface area contributed by atoms with Crippen molar-refractivity contribution in [1.29, 1.82) is 0 Å². The third kappa shape index (κ3) is 3.90. The molecule has 1 amide bonds. The Morgan fingerprint density at radius 1 is 1.28 bits per heavy atom. The summed E-state index contributed by atoms with van der Waals surface area (Å²) in [6.07, 6.45) is 4.60. The molecule has 1 saturated carbocycles. The summed E-state index contributed by atoms with van der Waals surface area (Å²) in [5, 5.41) is 8.96. The average molecular weight is 367 g/mol. The molecule has 3 rings (SSSR count). The Kier molecular flexibility index (Phi) is 4.68. The fraction of sp³-hybridized carbons (Fsp3) is 0.588. The lowest BCUT2D eigenvalue weighted by Crippen LogP contribution is -2.36. The minimum absolute atomic E-state index is 0.327. The molecule has 0 aromatic heterocycles. The van der Waals surface area contributed by atoms with Crippen molar-refractivity contribution in [2.75, 3.05) is 35.1 Å². The van der Waals surface area contributed by atoms with Crippen molar-refractivity contribution in [2.45, 2.75) is 32.6 Å². The highest BCUT2D eigenvalue weighted by Crippen LogP contribution is 2.54. The Hall–Kier alpha value is -1.80. The van der Waals surface area contributed by atoms with E-state index in [4.69, 9.17) is 10.8 Å². The molecule has 1 aromatic carbocycles. The number of benzene rings is 1. The van der Waals surface area contributed by atoms with Crippen LogP contribution in [0.1, 0.15) is 41.6 Å². The molecule has 138 valence electrons. The molecule has 1 aliphatic heterocycles. The molecule has 8 heteroatoms. The normalized spacial score (nSPS) is 19.0. The molecule has 0 radical (unpaired) electrons. The molecule has 1 spiro atoms. The Balaban J connectivity index is 1.99. The first-order valence-electron chi connectivity index (χ1n) is 8.56. The number of nitrogens with one attached hydrogen (secondary N) is 1. The second-order valence-electron chi connectivity index (χ2n) is 7.20. The number of anilines is 2. The Morgan fingerprint density at radius 2 is 1.92 bits per heavy atom. The number of aliphatic hydroxyl groups is 1. The third-order valence-corrected chi connectivity index (χ3v) is 6.49. The second-order valence-corrected chi connectivity index (χ2v) is 9.05. The maximum atomic E-state index is 12.1. The number of hydrogen-bond donors (Lipinski definition) is 3. The molecule has 7 nitrogen and oxygen atoms in total. The summed E-state index contributed by atoms with van der Waals surface area (Å²) in [5.74, 6) is -0.969. The zero-order chi connectivity index (χ0) is 18.2. The third-order valence-electron chi connectivity index (χ3n) is 5.24. The summed E-state index contributed by atoms with van der Waals surface area (Å²) in [6, 6.07) is 3.40. The molecular weight excluding hydrogens is 342 g/mol. The fourth-order valence-electron chi connectivity index (χ4n) is 3.61. The second kappa shape index (κ2) is 6.49. The first-order chi connectivity index (χ1) is 11.8. The van der Waals surface area contributed by atoms with Gasteiger partial charge in [-0.15, -0.1) is 0 Å². The van der Waals surface area contributed by atoms with E-state index in [2.05, 4.69) is 9.62 Å². The van der Waals surface area contributed by atoms with E-state index in [9.17, 15) is 13.2 Å². The molecule has 1 aliphatic carbocycles. The van der Waals surface area contributed by atoms with Crippen molar-refractivity contribution in [2.24, 2.45) is 11.1 Å². The number of nitrogens with two attached hydrogens (primary N) is 1. The van der Waals surface area contributed by atoms with Crippen molar-refractivity contribution < 1.29 is 18.3 Å². The van der Waals surface area contributed by atoms with E-state index >= 15 is 0 Å². The smallest absolute Gasteiger partial charge is 0.250 e. The zero-order valence-electron chi connectivity index (χ0n) is 14.4. The van der Waals surface area contributed by atoms with Gasteiger partial charge in [0, 0.05) is 13.1 Å². The maximum Gasteiger partial charge on any atom is 0.250 e. The van der Waals surface area contributed by atoms with E-state index in [1.165, 1.54) is 12.8 Å². The number of amides is 1. The van der Waals surface area contributed by atoms with Crippen LogP contribution in [0, 0.1) is 12.3 Å². The number of piperidine rings is 1. The van der Waals surface area contributed by atoms with Gasteiger partial charge in [-0.2, -0.15) is 0 Å². The van der Waals surface area contributed by atoms with Crippen molar-refractivity contribution in [1.82, 2.24) is 0 Å². The maximum absolute atomic E-state index is 12.1. The zero-order valence-corrected chi connectivity index (χ0v) is 15.2. The van der Waals surface area contributed by atoms with Crippen LogP contribution in [0.25, 0.3) is 0 Å². The monoisotopic (exact) mass is 367 g/mol. The molecule has 1 aromatic rings. The number of carbonyl (C=O) groups is 1. The van der Waals surface area contributed by atoms with E-state index in [1.54, 1.807) is 19.1 Å². The highest BCUT2D eigenvalue weighted by molar-refractivity contribution is 7.92. The summed E-state index contributed by atoms with van der Waals surface area (Å²) in [5.41, 5.74) is 8.01. The minimum Gasteiger partial charge on any atom is -0.395 e. The van der Waals surface area contributed by atoms with Crippen LogP contribution in [0.15, 0.2) is 12.1 Å². The van der Waals surface area contributed by atoms with Crippen molar-refractivity contribution in [3.05, 3.63) is 23.3 Å². The molecule has 4 N–H and O–H groups in total. The number of aryl methyl sites for hydroxylation is 1.